The molecule has 4 nitrogen and oxygen atoms in total. The van der Waals surface area contributed by atoms with Gasteiger partial charge in [0.15, 0.2) is 0 Å². The topological polar surface area (TPSA) is 59.1 Å². The largest absolute Gasteiger partial charge is 0.265 e. The Morgan fingerprint density at radius 3 is 2.60 bits per heavy atom. The Bertz CT molecular complexity index is 380. The van der Waals surface area contributed by atoms with E-state index in [4.69, 9.17) is 11.6 Å². The van der Waals surface area contributed by atoms with Crippen LogP contribution in [0.4, 0.5) is 0 Å². The Morgan fingerprint density at radius 2 is 2.00 bits per heavy atom. The maximum absolute atomic E-state index is 11.4. The molecule has 1 rings (SSSR count). The monoisotopic (exact) mass is 248 g/mol. The van der Waals surface area contributed by atoms with Crippen molar-refractivity contribution in [2.24, 2.45) is 0 Å². The third-order valence-electron chi connectivity index (χ3n) is 1.79. The Labute approximate surface area is 94.7 Å². The summed E-state index contributed by atoms with van der Waals surface area (Å²) in [5.74, 6) is 0.428. The Balaban J connectivity index is 2.43. The lowest BCUT2D eigenvalue weighted by Crippen LogP contribution is -2.26. The zero-order valence-corrected chi connectivity index (χ0v) is 9.76. The van der Waals surface area contributed by atoms with E-state index in [1.54, 1.807) is 24.5 Å². The van der Waals surface area contributed by atoms with Crippen molar-refractivity contribution in [3.63, 3.8) is 0 Å². The fraction of sp³-hybridized carbons (Fsp3) is 0.444. The molecule has 0 fully saturated rings. The van der Waals surface area contributed by atoms with E-state index in [0.29, 0.717) is 18.8 Å². The lowest BCUT2D eigenvalue weighted by atomic mass is 10.3. The number of pyridine rings is 1. The summed E-state index contributed by atoms with van der Waals surface area (Å²) >= 11 is 5.42. The number of halogens is 1. The first-order valence-corrected chi connectivity index (χ1v) is 6.75. The van der Waals surface area contributed by atoms with Crippen LogP contribution < -0.4 is 4.72 Å². The second-order valence-corrected chi connectivity index (χ2v) is 5.34. The minimum absolute atomic E-state index is 0.0710. The number of nitrogens with zero attached hydrogens (tertiary/aromatic N) is 1. The molecule has 1 aromatic heterocycles. The van der Waals surface area contributed by atoms with E-state index >= 15 is 0 Å². The first-order chi connectivity index (χ1) is 7.14. The molecule has 0 radical (unpaired) electrons. The zero-order valence-electron chi connectivity index (χ0n) is 8.19. The van der Waals surface area contributed by atoms with Crippen LogP contribution in [0.25, 0.3) is 0 Å². The highest BCUT2D eigenvalue weighted by Gasteiger charge is 2.08. The first kappa shape index (κ1) is 12.4. The van der Waals surface area contributed by atoms with Crippen LogP contribution in [0.5, 0.6) is 0 Å². The predicted molar refractivity (Wildman–Crippen MR) is 60.2 cm³/mol. The van der Waals surface area contributed by atoms with Crippen LogP contribution >= 0.6 is 11.6 Å². The normalized spacial score (nSPS) is 11.5. The van der Waals surface area contributed by atoms with Gasteiger partial charge in [0.1, 0.15) is 0 Å². The van der Waals surface area contributed by atoms with E-state index in [9.17, 15) is 8.42 Å². The van der Waals surface area contributed by atoms with Crippen LogP contribution in [0.3, 0.4) is 0 Å². The third kappa shape index (κ3) is 5.11. The van der Waals surface area contributed by atoms with Crippen molar-refractivity contribution in [3.8, 4) is 0 Å². The fourth-order valence-corrected chi connectivity index (χ4v) is 2.36. The average Bonchev–Trinajstić information content (AvgIpc) is 2.25. The van der Waals surface area contributed by atoms with Gasteiger partial charge < -0.3 is 0 Å². The maximum Gasteiger partial charge on any atom is 0.211 e. The van der Waals surface area contributed by atoms with Gasteiger partial charge in [0.2, 0.25) is 10.0 Å². The van der Waals surface area contributed by atoms with Crippen LogP contribution in [-0.2, 0) is 16.6 Å². The fourth-order valence-electron chi connectivity index (χ4n) is 1.01. The molecule has 0 bridgehead atoms. The summed E-state index contributed by atoms with van der Waals surface area (Å²) in [6.07, 6.45) is 3.72. The maximum atomic E-state index is 11.4. The molecule has 0 amide bonds. The Hall–Kier alpha value is -0.650. The first-order valence-electron chi connectivity index (χ1n) is 4.56. The van der Waals surface area contributed by atoms with Crippen LogP contribution in [0, 0.1) is 0 Å². The molecule has 1 N–H and O–H groups in total. The average molecular weight is 249 g/mol. The number of alkyl halides is 1. The van der Waals surface area contributed by atoms with Gasteiger partial charge in [0.25, 0.3) is 0 Å². The molecule has 15 heavy (non-hydrogen) atoms. The molecular weight excluding hydrogens is 236 g/mol. The van der Waals surface area contributed by atoms with E-state index in [1.807, 2.05) is 0 Å². The lowest BCUT2D eigenvalue weighted by Gasteiger charge is -2.05. The summed E-state index contributed by atoms with van der Waals surface area (Å²) in [6.45, 7) is 0.299. The van der Waals surface area contributed by atoms with Crippen molar-refractivity contribution in [2.75, 3.05) is 11.6 Å². The molecular formula is C9H13ClN2O2S. The molecule has 0 aliphatic heterocycles. The quantitative estimate of drug-likeness (QED) is 0.768. The van der Waals surface area contributed by atoms with Crippen molar-refractivity contribution >= 4 is 21.6 Å². The van der Waals surface area contributed by atoms with Crippen molar-refractivity contribution < 1.29 is 8.42 Å². The number of hydrogen-bond donors (Lipinski definition) is 1. The molecule has 0 saturated heterocycles. The third-order valence-corrected chi connectivity index (χ3v) is 3.47. The van der Waals surface area contributed by atoms with Crippen molar-refractivity contribution in [3.05, 3.63) is 30.1 Å². The molecule has 1 heterocycles. The molecule has 0 atom stereocenters. The molecule has 0 aliphatic carbocycles. The Morgan fingerprint density at radius 1 is 1.33 bits per heavy atom. The van der Waals surface area contributed by atoms with Crippen LogP contribution in [0.1, 0.15) is 12.0 Å². The van der Waals surface area contributed by atoms with Crippen molar-refractivity contribution in [1.82, 2.24) is 9.71 Å². The van der Waals surface area contributed by atoms with Gasteiger partial charge in [-0.1, -0.05) is 0 Å². The van der Waals surface area contributed by atoms with Crippen LogP contribution in [0.15, 0.2) is 24.5 Å². The SMILES string of the molecule is O=S(=O)(CCCCl)NCc1ccncc1. The number of hydrogen-bond acceptors (Lipinski definition) is 3. The summed E-state index contributed by atoms with van der Waals surface area (Å²) in [5, 5.41) is 0. The molecule has 1 aromatic rings. The van der Waals surface area contributed by atoms with E-state index in [0.717, 1.165) is 5.56 Å². The summed E-state index contributed by atoms with van der Waals surface area (Å²) in [5.41, 5.74) is 0.888. The Kier molecular flexibility index (Phi) is 5.01. The van der Waals surface area contributed by atoms with Gasteiger partial charge in [-0.05, 0) is 24.1 Å². The molecule has 0 aliphatic rings. The van der Waals surface area contributed by atoms with Gasteiger partial charge in [-0.2, -0.15) is 0 Å². The van der Waals surface area contributed by atoms with Gasteiger partial charge in [-0.25, -0.2) is 13.1 Å². The zero-order chi connectivity index (χ0) is 11.1. The smallest absolute Gasteiger partial charge is 0.211 e. The number of sulfonamides is 1. The predicted octanol–water partition coefficient (Wildman–Crippen LogP) is 1.13. The number of rotatable bonds is 6. The van der Waals surface area contributed by atoms with E-state index in [2.05, 4.69) is 9.71 Å². The van der Waals surface area contributed by atoms with E-state index in [-0.39, 0.29) is 5.75 Å². The van der Waals surface area contributed by atoms with E-state index in [1.165, 1.54) is 0 Å². The van der Waals surface area contributed by atoms with Crippen molar-refractivity contribution in [2.45, 2.75) is 13.0 Å². The lowest BCUT2D eigenvalue weighted by molar-refractivity contribution is 0.580. The summed E-state index contributed by atoms with van der Waals surface area (Å²) in [6, 6.07) is 3.54. The second kappa shape index (κ2) is 6.05. The number of aromatic nitrogens is 1. The van der Waals surface area contributed by atoms with Gasteiger partial charge in [-0.15, -0.1) is 11.6 Å². The molecule has 84 valence electrons. The highest BCUT2D eigenvalue weighted by molar-refractivity contribution is 7.89. The molecule has 0 unspecified atom stereocenters. The summed E-state index contributed by atoms with van der Waals surface area (Å²) in [4.78, 5) is 3.84. The molecule has 0 saturated carbocycles. The molecule has 0 spiro atoms. The van der Waals surface area contributed by atoms with Gasteiger partial charge >= 0.3 is 0 Å². The number of nitrogens with one attached hydrogen (secondary N) is 1. The highest BCUT2D eigenvalue weighted by Crippen LogP contribution is 1.98. The molecule has 6 heteroatoms. The minimum Gasteiger partial charge on any atom is -0.265 e. The minimum atomic E-state index is -3.20. The summed E-state index contributed by atoms with van der Waals surface area (Å²) in [7, 11) is -3.20. The molecule has 0 aromatic carbocycles. The van der Waals surface area contributed by atoms with Gasteiger partial charge in [0.05, 0.1) is 5.75 Å². The highest BCUT2D eigenvalue weighted by atomic mass is 35.5. The summed E-state index contributed by atoms with van der Waals surface area (Å²) < 4.78 is 25.3. The second-order valence-electron chi connectivity index (χ2n) is 3.04. The van der Waals surface area contributed by atoms with E-state index < -0.39 is 10.0 Å². The standard InChI is InChI=1S/C9H13ClN2O2S/c10-4-1-7-15(13,14)12-8-9-2-5-11-6-3-9/h2-3,5-6,12H,1,4,7-8H2. The van der Waals surface area contributed by atoms with Gasteiger partial charge in [-0.3, -0.25) is 4.98 Å². The van der Waals surface area contributed by atoms with Crippen LogP contribution in [-0.4, -0.2) is 25.0 Å². The van der Waals surface area contributed by atoms with Crippen LogP contribution in [0.2, 0.25) is 0 Å². The van der Waals surface area contributed by atoms with Gasteiger partial charge in [0, 0.05) is 24.8 Å². The van der Waals surface area contributed by atoms with Crippen molar-refractivity contribution in [1.29, 1.82) is 0 Å².